The van der Waals surface area contributed by atoms with E-state index in [1.54, 1.807) is 7.05 Å². The van der Waals surface area contributed by atoms with Gasteiger partial charge in [-0.05, 0) is 32.2 Å². The summed E-state index contributed by atoms with van der Waals surface area (Å²) >= 11 is 0. The Morgan fingerprint density at radius 3 is 2.62 bits per heavy atom. The Labute approximate surface area is 94.8 Å². The quantitative estimate of drug-likeness (QED) is 0.739. The molecule has 3 atom stereocenters. The van der Waals surface area contributed by atoms with E-state index in [9.17, 15) is 13.2 Å². The second-order valence-corrected chi connectivity index (χ2v) is 4.47. The minimum Gasteiger partial charge on any atom is -0.316 e. The van der Waals surface area contributed by atoms with Crippen LogP contribution in [-0.2, 0) is 0 Å². The normalized spacial score (nSPS) is 28.4. The lowest BCUT2D eigenvalue weighted by Gasteiger charge is -2.34. The lowest BCUT2D eigenvalue weighted by Crippen LogP contribution is -2.39. The van der Waals surface area contributed by atoms with E-state index in [1.165, 1.54) is 0 Å². The molecule has 1 rings (SSSR count). The fourth-order valence-corrected chi connectivity index (χ4v) is 2.52. The molecule has 16 heavy (non-hydrogen) atoms. The topological polar surface area (TPSA) is 12.0 Å². The number of alkyl halides is 3. The Bertz CT molecular complexity index is 254. The third kappa shape index (κ3) is 3.41. The van der Waals surface area contributed by atoms with Crippen LogP contribution in [-0.4, -0.2) is 19.3 Å². The summed E-state index contributed by atoms with van der Waals surface area (Å²) in [7, 11) is 1.76. The zero-order valence-corrected chi connectivity index (χ0v) is 9.48. The summed E-state index contributed by atoms with van der Waals surface area (Å²) in [6, 6.07) is 0.0233. The largest absolute Gasteiger partial charge is 0.391 e. The summed E-state index contributed by atoms with van der Waals surface area (Å²) in [6.45, 7) is 0. The van der Waals surface area contributed by atoms with Crippen LogP contribution < -0.4 is 5.32 Å². The molecule has 1 aliphatic rings. The molecular formula is C12H18F3N. The maximum atomic E-state index is 12.6. The number of hydrogen-bond acceptors (Lipinski definition) is 1. The molecule has 1 N–H and O–H groups in total. The highest BCUT2D eigenvalue weighted by Gasteiger charge is 2.43. The Morgan fingerprint density at radius 1 is 1.44 bits per heavy atom. The van der Waals surface area contributed by atoms with Crippen molar-refractivity contribution in [2.75, 3.05) is 7.05 Å². The van der Waals surface area contributed by atoms with Crippen molar-refractivity contribution in [2.24, 2.45) is 11.8 Å². The van der Waals surface area contributed by atoms with Gasteiger partial charge in [0.05, 0.1) is 5.92 Å². The summed E-state index contributed by atoms with van der Waals surface area (Å²) in [5.41, 5.74) is 0. The van der Waals surface area contributed by atoms with Gasteiger partial charge < -0.3 is 5.32 Å². The number of terminal acetylenes is 1. The average Bonchev–Trinajstić information content (AvgIpc) is 2.25. The third-order valence-corrected chi connectivity index (χ3v) is 3.46. The first-order valence-electron chi connectivity index (χ1n) is 5.66. The van der Waals surface area contributed by atoms with Gasteiger partial charge >= 0.3 is 6.18 Å². The van der Waals surface area contributed by atoms with Crippen LogP contribution >= 0.6 is 0 Å². The lowest BCUT2D eigenvalue weighted by molar-refractivity contribution is -0.186. The van der Waals surface area contributed by atoms with Crippen LogP contribution in [0.1, 0.15) is 32.1 Å². The van der Waals surface area contributed by atoms with Gasteiger partial charge in [0.2, 0.25) is 0 Å². The molecule has 0 heterocycles. The van der Waals surface area contributed by atoms with Crippen LogP contribution in [0, 0.1) is 24.2 Å². The molecule has 0 bridgehead atoms. The van der Waals surface area contributed by atoms with Gasteiger partial charge in [-0.1, -0.05) is 6.42 Å². The smallest absolute Gasteiger partial charge is 0.316 e. The Hall–Kier alpha value is -0.690. The van der Waals surface area contributed by atoms with E-state index < -0.39 is 12.1 Å². The predicted molar refractivity (Wildman–Crippen MR) is 57.8 cm³/mol. The molecule has 1 nitrogen and oxygen atoms in total. The van der Waals surface area contributed by atoms with E-state index in [1.807, 2.05) is 0 Å². The molecule has 0 spiro atoms. The molecule has 0 radical (unpaired) electrons. The first kappa shape index (κ1) is 13.4. The minimum atomic E-state index is -4.05. The molecule has 0 aromatic heterocycles. The lowest BCUT2D eigenvalue weighted by atomic mass is 9.77. The van der Waals surface area contributed by atoms with Crippen LogP contribution in [0.25, 0.3) is 0 Å². The standard InChI is InChI=1S/C12H18F3N/c1-3-5-11(16-2)9-6-4-7-10(8-9)12(13,14)15/h1,9-11,16H,4-8H2,2H3. The van der Waals surface area contributed by atoms with E-state index in [2.05, 4.69) is 11.2 Å². The van der Waals surface area contributed by atoms with Gasteiger partial charge in [0.1, 0.15) is 0 Å². The van der Waals surface area contributed by atoms with Crippen molar-refractivity contribution in [3.63, 3.8) is 0 Å². The fourth-order valence-electron chi connectivity index (χ4n) is 2.52. The highest BCUT2D eigenvalue weighted by Crippen LogP contribution is 2.41. The van der Waals surface area contributed by atoms with Crippen LogP contribution in [0.5, 0.6) is 0 Å². The Balaban J connectivity index is 2.59. The van der Waals surface area contributed by atoms with Gasteiger partial charge in [0, 0.05) is 12.5 Å². The van der Waals surface area contributed by atoms with Crippen LogP contribution in [0.15, 0.2) is 0 Å². The molecule has 0 aromatic rings. The first-order valence-corrected chi connectivity index (χ1v) is 5.66. The van der Waals surface area contributed by atoms with E-state index in [4.69, 9.17) is 6.42 Å². The number of rotatable bonds is 3. The Kier molecular flexibility index (Phi) is 4.67. The summed E-state index contributed by atoms with van der Waals surface area (Å²) in [6.07, 6.45) is 3.66. The van der Waals surface area contributed by atoms with E-state index in [0.717, 1.165) is 6.42 Å². The summed E-state index contributed by atoms with van der Waals surface area (Å²) < 4.78 is 37.8. The van der Waals surface area contributed by atoms with Gasteiger partial charge in [-0.15, -0.1) is 12.3 Å². The molecular weight excluding hydrogens is 215 g/mol. The first-order chi connectivity index (χ1) is 7.49. The summed E-state index contributed by atoms with van der Waals surface area (Å²) in [4.78, 5) is 0. The van der Waals surface area contributed by atoms with Crippen molar-refractivity contribution < 1.29 is 13.2 Å². The van der Waals surface area contributed by atoms with E-state index in [-0.39, 0.29) is 24.8 Å². The van der Waals surface area contributed by atoms with Gasteiger partial charge in [-0.2, -0.15) is 13.2 Å². The van der Waals surface area contributed by atoms with Crippen molar-refractivity contribution in [2.45, 2.75) is 44.3 Å². The molecule has 0 aliphatic heterocycles. The Morgan fingerprint density at radius 2 is 2.12 bits per heavy atom. The maximum absolute atomic E-state index is 12.6. The molecule has 1 aliphatic carbocycles. The van der Waals surface area contributed by atoms with E-state index >= 15 is 0 Å². The molecule has 4 heteroatoms. The van der Waals surface area contributed by atoms with Crippen LogP contribution in [0.3, 0.4) is 0 Å². The van der Waals surface area contributed by atoms with Crippen molar-refractivity contribution in [3.8, 4) is 12.3 Å². The number of nitrogens with one attached hydrogen (secondary N) is 1. The molecule has 0 saturated heterocycles. The second-order valence-electron chi connectivity index (χ2n) is 4.47. The van der Waals surface area contributed by atoms with Gasteiger partial charge in [0.25, 0.3) is 0 Å². The fraction of sp³-hybridized carbons (Fsp3) is 0.833. The van der Waals surface area contributed by atoms with Crippen LogP contribution in [0.2, 0.25) is 0 Å². The van der Waals surface area contributed by atoms with E-state index in [0.29, 0.717) is 12.8 Å². The highest BCUT2D eigenvalue weighted by molar-refractivity contribution is 4.94. The minimum absolute atomic E-state index is 0.0233. The second kappa shape index (κ2) is 5.58. The summed E-state index contributed by atoms with van der Waals surface area (Å²) in [5, 5.41) is 3.03. The molecule has 92 valence electrons. The highest BCUT2D eigenvalue weighted by atomic mass is 19.4. The van der Waals surface area contributed by atoms with Crippen molar-refractivity contribution >= 4 is 0 Å². The molecule has 1 fully saturated rings. The third-order valence-electron chi connectivity index (χ3n) is 3.46. The molecule has 1 saturated carbocycles. The van der Waals surface area contributed by atoms with Crippen molar-refractivity contribution in [1.29, 1.82) is 0 Å². The zero-order chi connectivity index (χ0) is 12.2. The van der Waals surface area contributed by atoms with Crippen LogP contribution in [0.4, 0.5) is 13.2 Å². The SMILES string of the molecule is C#CCC(NC)C1CCCC(C(F)(F)F)C1. The van der Waals surface area contributed by atoms with Crippen molar-refractivity contribution in [3.05, 3.63) is 0 Å². The van der Waals surface area contributed by atoms with Crippen molar-refractivity contribution in [1.82, 2.24) is 5.32 Å². The molecule has 0 amide bonds. The maximum Gasteiger partial charge on any atom is 0.391 e. The average molecular weight is 233 g/mol. The van der Waals surface area contributed by atoms with Gasteiger partial charge in [-0.3, -0.25) is 0 Å². The summed E-state index contributed by atoms with van der Waals surface area (Å²) in [5.74, 6) is 1.44. The zero-order valence-electron chi connectivity index (χ0n) is 9.48. The van der Waals surface area contributed by atoms with Gasteiger partial charge in [0.15, 0.2) is 0 Å². The number of hydrogen-bond donors (Lipinski definition) is 1. The molecule has 3 unspecified atom stereocenters. The monoisotopic (exact) mass is 233 g/mol. The predicted octanol–water partition coefficient (Wildman–Crippen LogP) is 2.97. The van der Waals surface area contributed by atoms with Gasteiger partial charge in [-0.25, -0.2) is 0 Å². The number of halogens is 3. The molecule has 0 aromatic carbocycles.